The van der Waals surface area contributed by atoms with Crippen molar-refractivity contribution < 1.29 is 14.7 Å². The fraction of sp³-hybridized carbons (Fsp3) is 0.462. The summed E-state index contributed by atoms with van der Waals surface area (Å²) in [5.41, 5.74) is 0.212. The molecule has 0 unspecified atom stereocenters. The Morgan fingerprint density at radius 3 is 2.50 bits per heavy atom. The van der Waals surface area contributed by atoms with Gasteiger partial charge >= 0.3 is 5.97 Å². The highest BCUT2D eigenvalue weighted by atomic mass is 16.4. The van der Waals surface area contributed by atoms with Crippen molar-refractivity contribution >= 4 is 17.6 Å². The van der Waals surface area contributed by atoms with Crippen LogP contribution in [0.2, 0.25) is 0 Å². The van der Waals surface area contributed by atoms with Crippen LogP contribution in [-0.2, 0) is 4.79 Å². The molecule has 1 aromatic heterocycles. The summed E-state index contributed by atoms with van der Waals surface area (Å²) in [6, 6.07) is 2.95. The molecule has 1 amide bonds. The maximum absolute atomic E-state index is 12.1. The number of carboxylic acid groups (broad SMARTS) is 1. The first-order valence-electron chi connectivity index (χ1n) is 6.02. The van der Waals surface area contributed by atoms with E-state index in [-0.39, 0.29) is 17.0 Å². The maximum atomic E-state index is 12.1. The van der Waals surface area contributed by atoms with E-state index in [1.54, 1.807) is 6.07 Å². The number of hydrogen-bond acceptors (Lipinski definition) is 3. The Bertz CT molecular complexity index is 462. The molecule has 18 heavy (non-hydrogen) atoms. The lowest BCUT2D eigenvalue weighted by Crippen LogP contribution is -2.30. The van der Waals surface area contributed by atoms with Crippen LogP contribution in [0.1, 0.15) is 43.1 Å². The average Bonchev–Trinajstić information content (AvgIpc) is 2.78. The highest BCUT2D eigenvalue weighted by Gasteiger charge is 2.36. The largest absolute Gasteiger partial charge is 0.477 e. The molecule has 1 saturated carbocycles. The van der Waals surface area contributed by atoms with Gasteiger partial charge < -0.3 is 10.4 Å². The van der Waals surface area contributed by atoms with E-state index in [2.05, 4.69) is 10.3 Å². The van der Waals surface area contributed by atoms with Gasteiger partial charge in [0.05, 0.1) is 11.9 Å². The number of nitrogens with one attached hydrogen (secondary N) is 1. The zero-order chi connectivity index (χ0) is 13.2. The molecule has 96 valence electrons. The van der Waals surface area contributed by atoms with Crippen molar-refractivity contribution in [2.24, 2.45) is 5.41 Å². The van der Waals surface area contributed by atoms with Crippen LogP contribution in [0, 0.1) is 5.41 Å². The van der Waals surface area contributed by atoms with E-state index in [9.17, 15) is 9.59 Å². The van der Waals surface area contributed by atoms with Crippen molar-refractivity contribution in [2.75, 3.05) is 5.32 Å². The van der Waals surface area contributed by atoms with Gasteiger partial charge in [-0.05, 0) is 25.0 Å². The minimum absolute atomic E-state index is 0.00937. The van der Waals surface area contributed by atoms with Crippen LogP contribution >= 0.6 is 0 Å². The highest BCUT2D eigenvalue weighted by molar-refractivity contribution is 5.95. The molecular formula is C13H16N2O3. The minimum Gasteiger partial charge on any atom is -0.477 e. The van der Waals surface area contributed by atoms with Gasteiger partial charge in [-0.25, -0.2) is 9.78 Å². The van der Waals surface area contributed by atoms with E-state index in [0.29, 0.717) is 5.69 Å². The third-order valence-electron chi connectivity index (χ3n) is 3.50. The van der Waals surface area contributed by atoms with Crippen molar-refractivity contribution in [3.8, 4) is 0 Å². The molecule has 0 radical (unpaired) electrons. The normalized spacial score (nSPS) is 17.4. The molecule has 0 bridgehead atoms. The average molecular weight is 248 g/mol. The smallest absolute Gasteiger partial charge is 0.354 e. The SMILES string of the molecule is CC1(C(=O)Nc2ccc(C(=O)O)nc2)CCCC1. The summed E-state index contributed by atoms with van der Waals surface area (Å²) in [6.07, 6.45) is 5.35. The van der Waals surface area contributed by atoms with Gasteiger partial charge in [-0.15, -0.1) is 0 Å². The molecule has 0 aliphatic heterocycles. The summed E-state index contributed by atoms with van der Waals surface area (Å²) in [7, 11) is 0. The third kappa shape index (κ3) is 2.50. The molecule has 2 rings (SSSR count). The standard InChI is InChI=1S/C13H16N2O3/c1-13(6-2-3-7-13)12(18)15-9-4-5-10(11(16)17)14-8-9/h4-5,8H,2-3,6-7H2,1H3,(H,15,18)(H,16,17). The van der Waals surface area contributed by atoms with E-state index in [4.69, 9.17) is 5.11 Å². The van der Waals surface area contributed by atoms with Crippen LogP contribution in [0.4, 0.5) is 5.69 Å². The number of pyridine rings is 1. The molecule has 1 aromatic rings. The molecule has 5 nitrogen and oxygen atoms in total. The van der Waals surface area contributed by atoms with E-state index in [1.165, 1.54) is 12.3 Å². The topological polar surface area (TPSA) is 79.3 Å². The van der Waals surface area contributed by atoms with Crippen molar-refractivity contribution in [3.63, 3.8) is 0 Å². The number of anilines is 1. The quantitative estimate of drug-likeness (QED) is 0.860. The van der Waals surface area contributed by atoms with E-state index in [1.807, 2.05) is 6.92 Å². The van der Waals surface area contributed by atoms with Crippen molar-refractivity contribution in [1.29, 1.82) is 0 Å². The van der Waals surface area contributed by atoms with Crippen LogP contribution in [-0.4, -0.2) is 22.0 Å². The highest BCUT2D eigenvalue weighted by Crippen LogP contribution is 2.38. The molecule has 1 fully saturated rings. The number of hydrogen-bond donors (Lipinski definition) is 2. The van der Waals surface area contributed by atoms with Crippen LogP contribution in [0.3, 0.4) is 0 Å². The number of amides is 1. The second kappa shape index (κ2) is 4.76. The number of carbonyl (C=O) groups excluding carboxylic acids is 1. The molecule has 1 aliphatic rings. The lowest BCUT2D eigenvalue weighted by atomic mass is 9.88. The number of aromatic carboxylic acids is 1. The predicted octanol–water partition coefficient (Wildman–Crippen LogP) is 2.30. The Balaban J connectivity index is 2.05. The third-order valence-corrected chi connectivity index (χ3v) is 3.50. The first-order chi connectivity index (χ1) is 8.51. The number of carbonyl (C=O) groups is 2. The van der Waals surface area contributed by atoms with Crippen molar-refractivity contribution in [3.05, 3.63) is 24.0 Å². The molecule has 5 heteroatoms. The Labute approximate surface area is 105 Å². The number of carboxylic acids is 1. The number of rotatable bonds is 3. The number of aromatic nitrogens is 1. The zero-order valence-electron chi connectivity index (χ0n) is 10.3. The van der Waals surface area contributed by atoms with Crippen LogP contribution < -0.4 is 5.32 Å². The second-order valence-electron chi connectivity index (χ2n) is 4.96. The molecule has 0 spiro atoms. The summed E-state index contributed by atoms with van der Waals surface area (Å²) >= 11 is 0. The van der Waals surface area contributed by atoms with Gasteiger partial charge in [-0.1, -0.05) is 19.8 Å². The van der Waals surface area contributed by atoms with Crippen molar-refractivity contribution in [2.45, 2.75) is 32.6 Å². The Morgan fingerprint density at radius 2 is 2.00 bits per heavy atom. The summed E-state index contributed by atoms with van der Waals surface area (Å²) in [5, 5.41) is 11.5. The van der Waals surface area contributed by atoms with Gasteiger partial charge in [0.1, 0.15) is 5.69 Å². The van der Waals surface area contributed by atoms with Gasteiger partial charge in [-0.2, -0.15) is 0 Å². The van der Waals surface area contributed by atoms with Crippen LogP contribution in [0.25, 0.3) is 0 Å². The lowest BCUT2D eigenvalue weighted by Gasteiger charge is -2.22. The van der Waals surface area contributed by atoms with Gasteiger partial charge in [0.2, 0.25) is 5.91 Å². The molecule has 0 atom stereocenters. The second-order valence-corrected chi connectivity index (χ2v) is 4.96. The van der Waals surface area contributed by atoms with Crippen LogP contribution in [0.15, 0.2) is 18.3 Å². The van der Waals surface area contributed by atoms with Gasteiger partial charge in [0.25, 0.3) is 0 Å². The zero-order valence-corrected chi connectivity index (χ0v) is 10.3. The van der Waals surface area contributed by atoms with E-state index >= 15 is 0 Å². The molecule has 1 aliphatic carbocycles. The summed E-state index contributed by atoms with van der Waals surface area (Å²) in [4.78, 5) is 26.5. The molecule has 0 saturated heterocycles. The Morgan fingerprint density at radius 1 is 1.33 bits per heavy atom. The van der Waals surface area contributed by atoms with Gasteiger partial charge in [-0.3, -0.25) is 4.79 Å². The molecular weight excluding hydrogens is 232 g/mol. The Hall–Kier alpha value is -1.91. The van der Waals surface area contributed by atoms with Crippen molar-refractivity contribution in [1.82, 2.24) is 4.98 Å². The molecule has 2 N–H and O–H groups in total. The minimum atomic E-state index is -1.07. The van der Waals surface area contributed by atoms with Crippen LogP contribution in [0.5, 0.6) is 0 Å². The van der Waals surface area contributed by atoms with E-state index in [0.717, 1.165) is 25.7 Å². The predicted molar refractivity (Wildman–Crippen MR) is 66.4 cm³/mol. The monoisotopic (exact) mass is 248 g/mol. The summed E-state index contributed by atoms with van der Waals surface area (Å²) in [6.45, 7) is 1.97. The first kappa shape index (κ1) is 12.5. The fourth-order valence-corrected chi connectivity index (χ4v) is 2.26. The number of nitrogens with zero attached hydrogens (tertiary/aromatic N) is 1. The van der Waals surface area contributed by atoms with E-state index < -0.39 is 5.97 Å². The lowest BCUT2D eigenvalue weighted by molar-refractivity contribution is -0.124. The Kier molecular flexibility index (Phi) is 3.32. The maximum Gasteiger partial charge on any atom is 0.354 e. The van der Waals surface area contributed by atoms with Gasteiger partial charge in [0.15, 0.2) is 0 Å². The first-order valence-corrected chi connectivity index (χ1v) is 6.02. The molecule has 1 heterocycles. The summed E-state index contributed by atoms with van der Waals surface area (Å²) in [5.74, 6) is -1.08. The van der Waals surface area contributed by atoms with Gasteiger partial charge in [0, 0.05) is 5.41 Å². The molecule has 0 aromatic carbocycles. The summed E-state index contributed by atoms with van der Waals surface area (Å²) < 4.78 is 0. The fourth-order valence-electron chi connectivity index (χ4n) is 2.26.